The molecule has 0 fully saturated rings. The Hall–Kier alpha value is -0.950. The maximum atomic E-state index is 3.96. The van der Waals surface area contributed by atoms with Gasteiger partial charge in [0.1, 0.15) is 0 Å². The summed E-state index contributed by atoms with van der Waals surface area (Å²) in [6.45, 7) is 7.17. The minimum Gasteiger partial charge on any atom is -0.151 e. The Balaban J connectivity index is 4.33. The van der Waals surface area contributed by atoms with Crippen molar-refractivity contribution >= 4 is 12.6 Å². The van der Waals surface area contributed by atoms with Crippen LogP contribution in [-0.4, -0.2) is 0 Å². The second-order valence-electron chi connectivity index (χ2n) is 1.81. The SMILES string of the molecule is C=C\C=C/C(/C=C/S)=C\C=C. The van der Waals surface area contributed by atoms with Crippen LogP contribution < -0.4 is 0 Å². The highest BCUT2D eigenvalue weighted by Crippen LogP contribution is 2.00. The molecule has 0 aromatic rings. The summed E-state index contributed by atoms with van der Waals surface area (Å²) < 4.78 is 0. The molecule has 0 heterocycles. The van der Waals surface area contributed by atoms with Gasteiger partial charge in [0, 0.05) is 0 Å². The fourth-order valence-corrected chi connectivity index (χ4v) is 0.740. The third-order valence-electron chi connectivity index (χ3n) is 1.00. The van der Waals surface area contributed by atoms with Crippen molar-refractivity contribution in [1.29, 1.82) is 0 Å². The van der Waals surface area contributed by atoms with E-state index in [1.165, 1.54) is 0 Å². The Labute approximate surface area is 73.7 Å². The predicted octanol–water partition coefficient (Wildman–Crippen LogP) is 3.28. The number of hydrogen-bond donors (Lipinski definition) is 1. The largest absolute Gasteiger partial charge is 0.151 e. The summed E-state index contributed by atoms with van der Waals surface area (Å²) >= 11 is 3.96. The van der Waals surface area contributed by atoms with Crippen molar-refractivity contribution < 1.29 is 0 Å². The van der Waals surface area contributed by atoms with Crippen LogP contribution in [0.5, 0.6) is 0 Å². The van der Waals surface area contributed by atoms with Gasteiger partial charge in [0.25, 0.3) is 0 Å². The topological polar surface area (TPSA) is 0 Å². The Kier molecular flexibility index (Phi) is 6.54. The lowest BCUT2D eigenvalue weighted by Crippen LogP contribution is -1.67. The van der Waals surface area contributed by atoms with Crippen molar-refractivity contribution in [2.75, 3.05) is 0 Å². The number of allylic oxidation sites excluding steroid dienone is 7. The van der Waals surface area contributed by atoms with E-state index in [-0.39, 0.29) is 0 Å². The minimum atomic E-state index is 1.05. The van der Waals surface area contributed by atoms with E-state index in [4.69, 9.17) is 0 Å². The highest BCUT2D eigenvalue weighted by molar-refractivity contribution is 7.83. The van der Waals surface area contributed by atoms with Crippen LogP contribution in [-0.2, 0) is 0 Å². The van der Waals surface area contributed by atoms with Gasteiger partial charge in [-0.2, -0.15) is 12.6 Å². The Morgan fingerprint density at radius 3 is 2.27 bits per heavy atom. The fraction of sp³-hybridized carbons (Fsp3) is 0. The second kappa shape index (κ2) is 7.16. The summed E-state index contributed by atoms with van der Waals surface area (Å²) in [5.41, 5.74) is 1.05. The Morgan fingerprint density at radius 2 is 1.82 bits per heavy atom. The smallest absolute Gasteiger partial charge is 0.0252 e. The molecule has 0 saturated carbocycles. The molecule has 1 heteroatoms. The van der Waals surface area contributed by atoms with Gasteiger partial charge in [-0.15, -0.1) is 0 Å². The zero-order chi connectivity index (χ0) is 8.53. The standard InChI is InChI=1S/C10H12S/c1-3-5-7-10(6-4-2)8-9-11/h3-9,11H,1-2H2/b7-5-,9-8+,10-6+. The van der Waals surface area contributed by atoms with Gasteiger partial charge >= 0.3 is 0 Å². The van der Waals surface area contributed by atoms with Gasteiger partial charge < -0.3 is 0 Å². The molecule has 0 aliphatic rings. The van der Waals surface area contributed by atoms with Gasteiger partial charge in [-0.25, -0.2) is 0 Å². The van der Waals surface area contributed by atoms with Crippen molar-refractivity contribution in [3.05, 3.63) is 60.6 Å². The van der Waals surface area contributed by atoms with E-state index < -0.39 is 0 Å². The van der Waals surface area contributed by atoms with Crippen LogP contribution in [0.1, 0.15) is 0 Å². The third kappa shape index (κ3) is 5.49. The summed E-state index contributed by atoms with van der Waals surface area (Å²) in [6, 6.07) is 0. The molecule has 0 rings (SSSR count). The van der Waals surface area contributed by atoms with Gasteiger partial charge in [0.15, 0.2) is 0 Å². The van der Waals surface area contributed by atoms with Crippen LogP contribution in [0.4, 0.5) is 0 Å². The molecule has 0 aromatic heterocycles. The molecule has 0 N–H and O–H groups in total. The first-order chi connectivity index (χ1) is 5.35. The van der Waals surface area contributed by atoms with Gasteiger partial charge in [0.2, 0.25) is 0 Å². The van der Waals surface area contributed by atoms with Gasteiger partial charge in [-0.3, -0.25) is 0 Å². The molecule has 0 saturated heterocycles. The van der Waals surface area contributed by atoms with E-state index in [9.17, 15) is 0 Å². The van der Waals surface area contributed by atoms with Crippen molar-refractivity contribution in [1.82, 2.24) is 0 Å². The van der Waals surface area contributed by atoms with E-state index in [1.54, 1.807) is 17.6 Å². The van der Waals surface area contributed by atoms with Crippen LogP contribution in [0, 0.1) is 0 Å². The average Bonchev–Trinajstić information content (AvgIpc) is 2.01. The molecule has 0 amide bonds. The molecule has 0 spiro atoms. The lowest BCUT2D eigenvalue weighted by atomic mass is 10.2. The lowest BCUT2D eigenvalue weighted by Gasteiger charge is -1.87. The monoisotopic (exact) mass is 164 g/mol. The van der Waals surface area contributed by atoms with Gasteiger partial charge in [0.05, 0.1) is 0 Å². The van der Waals surface area contributed by atoms with Crippen molar-refractivity contribution in [3.8, 4) is 0 Å². The molecule has 0 nitrogen and oxygen atoms in total. The molecule has 11 heavy (non-hydrogen) atoms. The van der Waals surface area contributed by atoms with Crippen molar-refractivity contribution in [3.63, 3.8) is 0 Å². The van der Waals surface area contributed by atoms with Gasteiger partial charge in [-0.05, 0) is 17.1 Å². The molecule has 0 aliphatic carbocycles. The molecule has 0 radical (unpaired) electrons. The van der Waals surface area contributed by atoms with Crippen LogP contribution in [0.15, 0.2) is 60.6 Å². The van der Waals surface area contributed by atoms with Crippen molar-refractivity contribution in [2.45, 2.75) is 0 Å². The summed E-state index contributed by atoms with van der Waals surface area (Å²) in [6.07, 6.45) is 11.0. The molecule has 0 atom stereocenters. The highest BCUT2D eigenvalue weighted by atomic mass is 32.1. The number of thiol groups is 1. The van der Waals surface area contributed by atoms with Gasteiger partial charge in [-0.1, -0.05) is 43.5 Å². The van der Waals surface area contributed by atoms with E-state index in [0.717, 1.165) is 5.57 Å². The van der Waals surface area contributed by atoms with E-state index in [2.05, 4.69) is 25.8 Å². The van der Waals surface area contributed by atoms with Crippen LogP contribution in [0.2, 0.25) is 0 Å². The molecule has 58 valence electrons. The zero-order valence-electron chi connectivity index (χ0n) is 6.40. The predicted molar refractivity (Wildman–Crippen MR) is 55.7 cm³/mol. The molecular formula is C10H12S. The zero-order valence-corrected chi connectivity index (χ0v) is 7.30. The highest BCUT2D eigenvalue weighted by Gasteiger charge is 1.79. The third-order valence-corrected chi connectivity index (χ3v) is 1.15. The summed E-state index contributed by atoms with van der Waals surface area (Å²) in [5.74, 6) is 0. The fourth-order valence-electron chi connectivity index (χ4n) is 0.568. The van der Waals surface area contributed by atoms with E-state index in [1.807, 2.05) is 24.3 Å². The van der Waals surface area contributed by atoms with Crippen LogP contribution >= 0.6 is 12.6 Å². The molecule has 0 bridgehead atoms. The maximum Gasteiger partial charge on any atom is -0.0252 e. The molecule has 0 unspecified atom stereocenters. The maximum absolute atomic E-state index is 3.96. The molecular weight excluding hydrogens is 152 g/mol. The average molecular weight is 164 g/mol. The van der Waals surface area contributed by atoms with E-state index >= 15 is 0 Å². The first kappa shape index (κ1) is 10.0. The van der Waals surface area contributed by atoms with Crippen molar-refractivity contribution in [2.24, 2.45) is 0 Å². The first-order valence-electron chi connectivity index (χ1n) is 3.27. The normalized spacial score (nSPS) is 12.6. The van der Waals surface area contributed by atoms with E-state index in [0.29, 0.717) is 0 Å². The first-order valence-corrected chi connectivity index (χ1v) is 3.79. The number of rotatable bonds is 4. The Bertz CT molecular complexity index is 207. The lowest BCUT2D eigenvalue weighted by molar-refractivity contribution is 1.70. The van der Waals surface area contributed by atoms with Crippen LogP contribution in [0.25, 0.3) is 0 Å². The minimum absolute atomic E-state index is 1.05. The Morgan fingerprint density at radius 1 is 1.09 bits per heavy atom. The molecule has 0 aromatic carbocycles. The van der Waals surface area contributed by atoms with Crippen LogP contribution in [0.3, 0.4) is 0 Å². The molecule has 0 aliphatic heterocycles. The summed E-state index contributed by atoms with van der Waals surface area (Å²) in [5, 5.41) is 1.68. The summed E-state index contributed by atoms with van der Waals surface area (Å²) in [4.78, 5) is 0. The summed E-state index contributed by atoms with van der Waals surface area (Å²) in [7, 11) is 0. The quantitative estimate of drug-likeness (QED) is 0.478. The second-order valence-corrected chi connectivity index (χ2v) is 2.11. The number of hydrogen-bond acceptors (Lipinski definition) is 1.